The molecule has 1 nitrogen and oxygen atoms in total. The normalized spacial score (nSPS) is 19.6. The van der Waals surface area contributed by atoms with E-state index >= 15 is 0 Å². The van der Waals surface area contributed by atoms with Crippen molar-refractivity contribution >= 4 is 34.7 Å². The lowest BCUT2D eigenvalue weighted by atomic mass is 10.3. The number of hydrogen-bond acceptors (Lipinski definition) is 3. The lowest BCUT2D eigenvalue weighted by Crippen LogP contribution is -2.11. The van der Waals surface area contributed by atoms with Crippen molar-refractivity contribution < 1.29 is 0 Å². The van der Waals surface area contributed by atoms with E-state index in [4.69, 9.17) is 17.3 Å². The molecule has 1 saturated carbocycles. The summed E-state index contributed by atoms with van der Waals surface area (Å²) in [4.78, 5) is 1.33. The Morgan fingerprint density at radius 3 is 2.73 bits per heavy atom. The number of thioether (sulfide) groups is 1. The zero-order valence-electron chi connectivity index (χ0n) is 8.62. The van der Waals surface area contributed by atoms with E-state index < -0.39 is 0 Å². The summed E-state index contributed by atoms with van der Waals surface area (Å²) in [6.07, 6.45) is 5.50. The van der Waals surface area contributed by atoms with Crippen molar-refractivity contribution in [2.24, 2.45) is 5.73 Å². The van der Waals surface area contributed by atoms with Gasteiger partial charge in [0.05, 0.1) is 9.59 Å². The molecule has 1 aromatic heterocycles. The summed E-state index contributed by atoms with van der Waals surface area (Å²) >= 11 is 9.66. The Balaban J connectivity index is 1.97. The van der Waals surface area contributed by atoms with Crippen LogP contribution in [-0.4, -0.2) is 11.8 Å². The summed E-state index contributed by atoms with van der Waals surface area (Å²) < 4.78 is 0.871. The molecular weight excluding hydrogens is 246 g/mol. The molecule has 84 valence electrons. The molecule has 0 spiro atoms. The minimum atomic E-state index is 0.450. The Morgan fingerprint density at radius 1 is 1.47 bits per heavy atom. The second-order valence-corrected chi connectivity index (χ2v) is 7.16. The van der Waals surface area contributed by atoms with Gasteiger partial charge in [0.1, 0.15) is 0 Å². The van der Waals surface area contributed by atoms with Crippen LogP contribution in [0.1, 0.15) is 35.8 Å². The maximum absolute atomic E-state index is 5.95. The van der Waals surface area contributed by atoms with Gasteiger partial charge in [0.15, 0.2) is 0 Å². The first-order valence-corrected chi connectivity index (χ1v) is 7.54. The van der Waals surface area contributed by atoms with Gasteiger partial charge in [-0.05, 0) is 25.0 Å². The third-order valence-corrected chi connectivity index (χ3v) is 5.91. The van der Waals surface area contributed by atoms with Crippen molar-refractivity contribution in [3.8, 4) is 0 Å². The maximum atomic E-state index is 5.95. The molecule has 4 heteroatoms. The van der Waals surface area contributed by atoms with Crippen LogP contribution in [0, 0.1) is 0 Å². The highest BCUT2D eigenvalue weighted by Gasteiger charge is 2.21. The zero-order chi connectivity index (χ0) is 10.7. The van der Waals surface area contributed by atoms with Crippen molar-refractivity contribution in [1.29, 1.82) is 0 Å². The predicted octanol–water partition coefficient (Wildman–Crippen LogP) is 4.08. The van der Waals surface area contributed by atoms with Crippen LogP contribution in [-0.2, 0) is 0 Å². The van der Waals surface area contributed by atoms with Gasteiger partial charge in [-0.1, -0.05) is 24.4 Å². The molecule has 1 fully saturated rings. The molecule has 0 saturated heterocycles. The summed E-state index contributed by atoms with van der Waals surface area (Å²) in [5.41, 5.74) is 5.83. The number of halogens is 1. The van der Waals surface area contributed by atoms with Gasteiger partial charge in [-0.2, -0.15) is 0 Å². The van der Waals surface area contributed by atoms with E-state index in [1.807, 2.05) is 17.8 Å². The smallest absolute Gasteiger partial charge is 0.0931 e. The summed E-state index contributed by atoms with van der Waals surface area (Å²) in [7, 11) is 0. The highest BCUT2D eigenvalue weighted by molar-refractivity contribution is 8.00. The average Bonchev–Trinajstić information content (AvgIpc) is 2.85. The van der Waals surface area contributed by atoms with Crippen molar-refractivity contribution in [2.45, 2.75) is 36.2 Å². The van der Waals surface area contributed by atoms with Crippen LogP contribution < -0.4 is 5.73 Å². The van der Waals surface area contributed by atoms with Gasteiger partial charge in [-0.25, -0.2) is 0 Å². The van der Waals surface area contributed by atoms with Crippen LogP contribution in [0.3, 0.4) is 0 Å². The first-order valence-electron chi connectivity index (χ1n) is 5.40. The molecular formula is C11H16ClNS2. The highest BCUT2D eigenvalue weighted by Crippen LogP contribution is 2.41. The Labute approximate surface area is 104 Å². The molecule has 0 radical (unpaired) electrons. The van der Waals surface area contributed by atoms with E-state index in [0.717, 1.165) is 16.1 Å². The summed E-state index contributed by atoms with van der Waals surface area (Å²) in [5.74, 6) is 0. The summed E-state index contributed by atoms with van der Waals surface area (Å²) in [5, 5.41) is 1.27. The molecule has 0 bridgehead atoms. The van der Waals surface area contributed by atoms with Crippen molar-refractivity contribution in [1.82, 2.24) is 0 Å². The first kappa shape index (κ1) is 11.8. The first-order chi connectivity index (χ1) is 7.29. The standard InChI is InChI=1S/C11H16ClNS2/c12-11-6-5-9(15-11)10(7-13)14-8-3-1-2-4-8/h5-6,8,10H,1-4,7,13H2. The SMILES string of the molecule is NCC(SC1CCCC1)c1ccc(Cl)s1. The monoisotopic (exact) mass is 261 g/mol. The summed E-state index contributed by atoms with van der Waals surface area (Å²) in [6, 6.07) is 4.09. The molecule has 0 aliphatic heterocycles. The van der Waals surface area contributed by atoms with Gasteiger partial charge in [0, 0.05) is 16.7 Å². The van der Waals surface area contributed by atoms with Gasteiger partial charge in [0.25, 0.3) is 0 Å². The summed E-state index contributed by atoms with van der Waals surface area (Å²) in [6.45, 7) is 0.720. The van der Waals surface area contributed by atoms with Crippen molar-refractivity contribution in [3.63, 3.8) is 0 Å². The van der Waals surface area contributed by atoms with Crippen LogP contribution in [0.15, 0.2) is 12.1 Å². The van der Waals surface area contributed by atoms with Gasteiger partial charge in [0.2, 0.25) is 0 Å². The van der Waals surface area contributed by atoms with Crippen molar-refractivity contribution in [2.75, 3.05) is 6.54 Å². The van der Waals surface area contributed by atoms with E-state index in [0.29, 0.717) is 5.25 Å². The van der Waals surface area contributed by atoms with Crippen LogP contribution in [0.2, 0.25) is 4.34 Å². The lowest BCUT2D eigenvalue weighted by molar-refractivity contribution is 0.879. The van der Waals surface area contributed by atoms with Crippen LogP contribution >= 0.6 is 34.7 Å². The van der Waals surface area contributed by atoms with E-state index in [1.54, 1.807) is 11.3 Å². The fourth-order valence-corrected chi connectivity index (χ4v) is 4.76. The fraction of sp³-hybridized carbons (Fsp3) is 0.636. The fourth-order valence-electron chi connectivity index (χ4n) is 2.00. The third-order valence-electron chi connectivity index (χ3n) is 2.78. The van der Waals surface area contributed by atoms with Gasteiger partial charge in [-0.15, -0.1) is 23.1 Å². The molecule has 1 unspecified atom stereocenters. The average molecular weight is 262 g/mol. The molecule has 1 heterocycles. The predicted molar refractivity (Wildman–Crippen MR) is 71.0 cm³/mol. The molecule has 1 aliphatic carbocycles. The Morgan fingerprint density at radius 2 is 2.20 bits per heavy atom. The van der Waals surface area contributed by atoms with Crippen LogP contribution in [0.5, 0.6) is 0 Å². The molecule has 15 heavy (non-hydrogen) atoms. The van der Waals surface area contributed by atoms with Crippen LogP contribution in [0.4, 0.5) is 0 Å². The third kappa shape index (κ3) is 3.13. The zero-order valence-corrected chi connectivity index (χ0v) is 11.0. The number of rotatable bonds is 4. The highest BCUT2D eigenvalue weighted by atomic mass is 35.5. The van der Waals surface area contributed by atoms with Crippen LogP contribution in [0.25, 0.3) is 0 Å². The molecule has 2 N–H and O–H groups in total. The quantitative estimate of drug-likeness (QED) is 0.884. The Hall–Kier alpha value is 0.300. The number of hydrogen-bond donors (Lipinski definition) is 1. The van der Waals surface area contributed by atoms with E-state index in [9.17, 15) is 0 Å². The maximum Gasteiger partial charge on any atom is 0.0931 e. The van der Waals surface area contributed by atoms with E-state index in [-0.39, 0.29) is 0 Å². The molecule has 1 aliphatic rings. The second-order valence-electron chi connectivity index (χ2n) is 3.91. The Kier molecular flexibility index (Phi) is 4.38. The van der Waals surface area contributed by atoms with Gasteiger partial charge in [-0.3, -0.25) is 0 Å². The van der Waals surface area contributed by atoms with E-state index in [1.165, 1.54) is 30.6 Å². The largest absolute Gasteiger partial charge is 0.329 e. The molecule has 2 rings (SSSR count). The number of thiophene rings is 1. The van der Waals surface area contributed by atoms with Gasteiger partial charge >= 0.3 is 0 Å². The minimum absolute atomic E-state index is 0.450. The molecule has 1 atom stereocenters. The molecule has 1 aromatic rings. The number of nitrogens with two attached hydrogens (primary N) is 1. The van der Waals surface area contributed by atoms with Gasteiger partial charge < -0.3 is 5.73 Å². The molecule has 0 amide bonds. The van der Waals surface area contributed by atoms with Crippen molar-refractivity contribution in [3.05, 3.63) is 21.3 Å². The Bertz CT molecular complexity index is 307. The molecule has 0 aromatic carbocycles. The lowest BCUT2D eigenvalue weighted by Gasteiger charge is -2.17. The second kappa shape index (κ2) is 5.58. The topological polar surface area (TPSA) is 26.0 Å². The minimum Gasteiger partial charge on any atom is -0.329 e. The van der Waals surface area contributed by atoms with E-state index in [2.05, 4.69) is 6.07 Å².